The first kappa shape index (κ1) is 15.0. The minimum absolute atomic E-state index is 0.0389. The second kappa shape index (κ2) is 6.44. The van der Waals surface area contributed by atoms with Crippen molar-refractivity contribution in [3.8, 4) is 11.1 Å². The SMILES string of the molecule is Cc1cc(C(=O)N(C)c2ccc(-c3ccccc3)cc2)ccn1. The molecule has 1 heterocycles. The second-order valence-electron chi connectivity index (χ2n) is 5.46. The van der Waals surface area contributed by atoms with Gasteiger partial charge in [-0.25, -0.2) is 0 Å². The molecule has 3 rings (SSSR count). The molecule has 0 saturated carbocycles. The second-order valence-corrected chi connectivity index (χ2v) is 5.46. The fourth-order valence-corrected chi connectivity index (χ4v) is 2.50. The Hall–Kier alpha value is -2.94. The van der Waals surface area contributed by atoms with Gasteiger partial charge in [-0.3, -0.25) is 9.78 Å². The Bertz CT molecular complexity index is 811. The molecular weight excluding hydrogens is 284 g/mol. The monoisotopic (exact) mass is 302 g/mol. The summed E-state index contributed by atoms with van der Waals surface area (Å²) in [5.41, 5.74) is 4.65. The van der Waals surface area contributed by atoms with Crippen molar-refractivity contribution in [2.75, 3.05) is 11.9 Å². The van der Waals surface area contributed by atoms with Crippen molar-refractivity contribution in [2.24, 2.45) is 0 Å². The van der Waals surface area contributed by atoms with Crippen LogP contribution >= 0.6 is 0 Å². The Morgan fingerprint density at radius 3 is 2.22 bits per heavy atom. The van der Waals surface area contributed by atoms with Crippen LogP contribution in [0.2, 0.25) is 0 Å². The molecule has 0 atom stereocenters. The summed E-state index contributed by atoms with van der Waals surface area (Å²) in [6.07, 6.45) is 1.66. The highest BCUT2D eigenvalue weighted by molar-refractivity contribution is 6.05. The number of hydrogen-bond acceptors (Lipinski definition) is 2. The van der Waals surface area contributed by atoms with Crippen LogP contribution < -0.4 is 4.90 Å². The number of carbonyl (C=O) groups is 1. The van der Waals surface area contributed by atoms with Gasteiger partial charge in [0.05, 0.1) is 0 Å². The molecule has 3 aromatic rings. The molecule has 2 aromatic carbocycles. The number of amides is 1. The van der Waals surface area contributed by atoms with Crippen molar-refractivity contribution in [3.05, 3.63) is 84.2 Å². The molecule has 0 spiro atoms. The predicted octanol–water partition coefficient (Wildman–Crippen LogP) is 4.33. The molecule has 3 nitrogen and oxygen atoms in total. The van der Waals surface area contributed by atoms with E-state index in [2.05, 4.69) is 17.1 Å². The third kappa shape index (κ3) is 3.29. The Morgan fingerprint density at radius 1 is 0.913 bits per heavy atom. The van der Waals surface area contributed by atoms with Crippen molar-refractivity contribution < 1.29 is 4.79 Å². The van der Waals surface area contributed by atoms with Crippen LogP contribution in [0.3, 0.4) is 0 Å². The van der Waals surface area contributed by atoms with Gasteiger partial charge in [-0.1, -0.05) is 42.5 Å². The van der Waals surface area contributed by atoms with Gasteiger partial charge in [-0.05, 0) is 42.3 Å². The molecule has 0 saturated heterocycles. The maximum atomic E-state index is 12.6. The average Bonchev–Trinajstić information content (AvgIpc) is 2.61. The molecule has 0 aliphatic carbocycles. The van der Waals surface area contributed by atoms with E-state index in [1.807, 2.05) is 49.4 Å². The maximum Gasteiger partial charge on any atom is 0.258 e. The number of aromatic nitrogens is 1. The summed E-state index contributed by atoms with van der Waals surface area (Å²) >= 11 is 0. The first-order valence-corrected chi connectivity index (χ1v) is 7.51. The third-order valence-corrected chi connectivity index (χ3v) is 3.81. The molecule has 1 amide bonds. The first-order valence-electron chi connectivity index (χ1n) is 7.51. The topological polar surface area (TPSA) is 33.2 Å². The first-order chi connectivity index (χ1) is 11.1. The van der Waals surface area contributed by atoms with Crippen molar-refractivity contribution in [3.63, 3.8) is 0 Å². The molecule has 0 fully saturated rings. The summed E-state index contributed by atoms with van der Waals surface area (Å²) < 4.78 is 0. The van der Waals surface area contributed by atoms with E-state index in [0.717, 1.165) is 22.5 Å². The van der Waals surface area contributed by atoms with Crippen LogP contribution in [0.4, 0.5) is 5.69 Å². The van der Waals surface area contributed by atoms with Gasteiger partial charge in [0.15, 0.2) is 0 Å². The van der Waals surface area contributed by atoms with E-state index in [1.54, 1.807) is 30.3 Å². The van der Waals surface area contributed by atoms with Crippen LogP contribution in [-0.4, -0.2) is 17.9 Å². The van der Waals surface area contributed by atoms with Gasteiger partial charge in [0.1, 0.15) is 0 Å². The number of carbonyl (C=O) groups excluding carboxylic acids is 1. The third-order valence-electron chi connectivity index (χ3n) is 3.81. The van der Waals surface area contributed by atoms with Crippen LogP contribution in [0.15, 0.2) is 72.9 Å². The van der Waals surface area contributed by atoms with E-state index in [4.69, 9.17) is 0 Å². The average molecular weight is 302 g/mol. The highest BCUT2D eigenvalue weighted by atomic mass is 16.2. The van der Waals surface area contributed by atoms with Gasteiger partial charge in [0.2, 0.25) is 0 Å². The fourth-order valence-electron chi connectivity index (χ4n) is 2.50. The molecule has 0 N–H and O–H groups in total. The fraction of sp³-hybridized carbons (Fsp3) is 0.100. The normalized spacial score (nSPS) is 10.3. The number of nitrogens with zero attached hydrogens (tertiary/aromatic N) is 2. The summed E-state index contributed by atoms with van der Waals surface area (Å²) in [5.74, 6) is -0.0389. The van der Waals surface area contributed by atoms with E-state index >= 15 is 0 Å². The van der Waals surface area contributed by atoms with Crippen molar-refractivity contribution in [1.82, 2.24) is 4.98 Å². The van der Waals surface area contributed by atoms with Crippen LogP contribution in [0.25, 0.3) is 11.1 Å². The Balaban J connectivity index is 1.83. The summed E-state index contributed by atoms with van der Waals surface area (Å²) in [6, 6.07) is 21.7. The Morgan fingerprint density at radius 2 is 1.57 bits per heavy atom. The zero-order valence-corrected chi connectivity index (χ0v) is 13.2. The quantitative estimate of drug-likeness (QED) is 0.721. The highest BCUT2D eigenvalue weighted by Crippen LogP contribution is 2.23. The van der Waals surface area contributed by atoms with Gasteiger partial charge in [0, 0.05) is 30.2 Å². The van der Waals surface area contributed by atoms with Crippen LogP contribution in [0.1, 0.15) is 16.1 Å². The van der Waals surface area contributed by atoms with Crippen molar-refractivity contribution in [2.45, 2.75) is 6.92 Å². The van der Waals surface area contributed by atoms with Crippen LogP contribution in [0.5, 0.6) is 0 Å². The number of anilines is 1. The molecule has 114 valence electrons. The zero-order valence-electron chi connectivity index (χ0n) is 13.2. The van der Waals surface area contributed by atoms with Gasteiger partial charge in [-0.2, -0.15) is 0 Å². The number of pyridine rings is 1. The standard InChI is InChI=1S/C20H18N2O/c1-15-14-18(12-13-21-15)20(23)22(2)19-10-8-17(9-11-19)16-6-4-3-5-7-16/h3-14H,1-2H3. The summed E-state index contributed by atoms with van der Waals surface area (Å²) in [5, 5.41) is 0. The molecular formula is C20H18N2O. The zero-order chi connectivity index (χ0) is 16.2. The van der Waals surface area contributed by atoms with Crippen LogP contribution in [-0.2, 0) is 0 Å². The molecule has 1 aromatic heterocycles. The summed E-state index contributed by atoms with van der Waals surface area (Å²) in [4.78, 5) is 18.3. The lowest BCUT2D eigenvalue weighted by Gasteiger charge is -2.18. The molecule has 0 radical (unpaired) electrons. The van der Waals surface area contributed by atoms with Gasteiger partial charge >= 0.3 is 0 Å². The minimum Gasteiger partial charge on any atom is -0.311 e. The largest absolute Gasteiger partial charge is 0.311 e. The molecule has 0 aliphatic rings. The predicted molar refractivity (Wildman–Crippen MR) is 93.6 cm³/mol. The number of rotatable bonds is 3. The van der Waals surface area contributed by atoms with E-state index in [1.165, 1.54) is 0 Å². The number of hydrogen-bond donors (Lipinski definition) is 0. The lowest BCUT2D eigenvalue weighted by Crippen LogP contribution is -2.26. The molecule has 3 heteroatoms. The van der Waals surface area contributed by atoms with Gasteiger partial charge in [0.25, 0.3) is 5.91 Å². The van der Waals surface area contributed by atoms with Crippen LogP contribution in [0, 0.1) is 6.92 Å². The number of benzene rings is 2. The molecule has 0 aliphatic heterocycles. The molecule has 0 bridgehead atoms. The van der Waals surface area contributed by atoms with E-state index < -0.39 is 0 Å². The highest BCUT2D eigenvalue weighted by Gasteiger charge is 2.13. The summed E-state index contributed by atoms with van der Waals surface area (Å²) in [7, 11) is 1.79. The maximum absolute atomic E-state index is 12.6. The molecule has 0 unspecified atom stereocenters. The Labute approximate surface area is 136 Å². The summed E-state index contributed by atoms with van der Waals surface area (Å²) in [6.45, 7) is 1.88. The van der Waals surface area contributed by atoms with Gasteiger partial charge < -0.3 is 4.90 Å². The Kier molecular flexibility index (Phi) is 4.20. The lowest BCUT2D eigenvalue weighted by molar-refractivity contribution is 0.0993. The molecule has 23 heavy (non-hydrogen) atoms. The van der Waals surface area contributed by atoms with Crippen molar-refractivity contribution >= 4 is 11.6 Å². The van der Waals surface area contributed by atoms with E-state index in [9.17, 15) is 4.79 Å². The van der Waals surface area contributed by atoms with E-state index in [0.29, 0.717) is 5.56 Å². The van der Waals surface area contributed by atoms with Gasteiger partial charge in [-0.15, -0.1) is 0 Å². The van der Waals surface area contributed by atoms with E-state index in [-0.39, 0.29) is 5.91 Å². The minimum atomic E-state index is -0.0389. The lowest BCUT2D eigenvalue weighted by atomic mass is 10.1. The van der Waals surface area contributed by atoms with Crippen molar-refractivity contribution in [1.29, 1.82) is 0 Å². The smallest absolute Gasteiger partial charge is 0.258 e. The number of aryl methyl sites for hydroxylation is 1.